The molecule has 1 aliphatic heterocycles. The number of amides is 1. The van der Waals surface area contributed by atoms with E-state index in [0.29, 0.717) is 24.0 Å². The third-order valence-electron chi connectivity index (χ3n) is 4.72. The predicted molar refractivity (Wildman–Crippen MR) is 92.8 cm³/mol. The Morgan fingerprint density at radius 2 is 2.08 bits per heavy atom. The largest absolute Gasteiger partial charge is 0.453 e. The molecule has 1 amide bonds. The molecule has 1 aliphatic rings. The molecule has 1 atom stereocenters. The Labute approximate surface area is 147 Å². The molecule has 0 spiro atoms. The molecule has 134 valence electrons. The zero-order chi connectivity index (χ0) is 17.6. The minimum Gasteiger partial charge on any atom is -0.453 e. The first kappa shape index (κ1) is 17.7. The summed E-state index contributed by atoms with van der Waals surface area (Å²) in [6.07, 6.45) is 4.04. The van der Waals surface area contributed by atoms with Gasteiger partial charge in [-0.3, -0.25) is 4.79 Å². The fourth-order valence-corrected chi connectivity index (χ4v) is 3.38. The molecule has 0 N–H and O–H groups in total. The maximum Gasteiger partial charge on any atom is 0.289 e. The van der Waals surface area contributed by atoms with Gasteiger partial charge in [-0.1, -0.05) is 12.1 Å². The van der Waals surface area contributed by atoms with Crippen molar-refractivity contribution in [1.82, 2.24) is 4.90 Å². The van der Waals surface area contributed by atoms with Gasteiger partial charge in [-0.05, 0) is 61.4 Å². The summed E-state index contributed by atoms with van der Waals surface area (Å²) in [5.74, 6) is 1.26. The van der Waals surface area contributed by atoms with Crippen molar-refractivity contribution in [2.75, 3.05) is 20.2 Å². The van der Waals surface area contributed by atoms with Crippen molar-refractivity contribution in [2.24, 2.45) is 5.92 Å². The molecule has 4 nitrogen and oxygen atoms in total. The van der Waals surface area contributed by atoms with E-state index in [-0.39, 0.29) is 11.7 Å². The standard InChI is InChI=1S/C20H24FNO3/c1-24-14-18-10-11-19(25-18)20(23)22-12-2-3-16(13-22)5-4-15-6-8-17(21)9-7-15/h6-11,16H,2-5,12-14H2,1H3. The first-order valence-electron chi connectivity index (χ1n) is 8.77. The van der Waals surface area contributed by atoms with Gasteiger partial charge in [0.25, 0.3) is 5.91 Å². The first-order chi connectivity index (χ1) is 12.2. The topological polar surface area (TPSA) is 42.7 Å². The number of carbonyl (C=O) groups excluding carboxylic acids is 1. The molecule has 1 saturated heterocycles. The smallest absolute Gasteiger partial charge is 0.289 e. The normalized spacial score (nSPS) is 17.7. The number of aryl methyl sites for hydroxylation is 1. The molecule has 25 heavy (non-hydrogen) atoms. The lowest BCUT2D eigenvalue weighted by Crippen LogP contribution is -2.39. The molecule has 2 aromatic rings. The highest BCUT2D eigenvalue weighted by Crippen LogP contribution is 2.23. The number of hydrogen-bond acceptors (Lipinski definition) is 3. The quantitative estimate of drug-likeness (QED) is 0.793. The van der Waals surface area contributed by atoms with Crippen LogP contribution in [-0.2, 0) is 17.8 Å². The summed E-state index contributed by atoms with van der Waals surface area (Å²) in [4.78, 5) is 14.5. The molecule has 0 bridgehead atoms. The van der Waals surface area contributed by atoms with Gasteiger partial charge in [0.05, 0.1) is 0 Å². The summed E-state index contributed by atoms with van der Waals surface area (Å²) < 4.78 is 23.6. The maximum absolute atomic E-state index is 13.0. The van der Waals surface area contributed by atoms with Crippen LogP contribution in [0.25, 0.3) is 0 Å². The SMILES string of the molecule is COCc1ccc(C(=O)N2CCCC(CCc3ccc(F)cc3)C2)o1. The number of carbonyl (C=O) groups is 1. The van der Waals surface area contributed by atoms with Gasteiger partial charge < -0.3 is 14.1 Å². The van der Waals surface area contributed by atoms with Crippen molar-refractivity contribution in [3.63, 3.8) is 0 Å². The number of rotatable bonds is 6. The number of benzene rings is 1. The van der Waals surface area contributed by atoms with Gasteiger partial charge in [0.15, 0.2) is 5.76 Å². The van der Waals surface area contributed by atoms with Crippen LogP contribution in [0, 0.1) is 11.7 Å². The molecule has 3 rings (SSSR count). The van der Waals surface area contributed by atoms with E-state index in [1.807, 2.05) is 17.0 Å². The summed E-state index contributed by atoms with van der Waals surface area (Å²) in [5.41, 5.74) is 1.14. The van der Waals surface area contributed by atoms with Crippen LogP contribution < -0.4 is 0 Å². The van der Waals surface area contributed by atoms with Crippen LogP contribution in [0.5, 0.6) is 0 Å². The van der Waals surface area contributed by atoms with E-state index in [0.717, 1.165) is 44.3 Å². The van der Waals surface area contributed by atoms with Crippen molar-refractivity contribution in [3.8, 4) is 0 Å². The number of furan rings is 1. The summed E-state index contributed by atoms with van der Waals surface area (Å²) >= 11 is 0. The maximum atomic E-state index is 13.0. The second-order valence-corrected chi connectivity index (χ2v) is 6.62. The van der Waals surface area contributed by atoms with Gasteiger partial charge >= 0.3 is 0 Å². The van der Waals surface area contributed by atoms with Crippen LogP contribution in [0.2, 0.25) is 0 Å². The summed E-state index contributed by atoms with van der Waals surface area (Å²) in [7, 11) is 1.60. The fraction of sp³-hybridized carbons (Fsp3) is 0.450. The average molecular weight is 345 g/mol. The van der Waals surface area contributed by atoms with Crippen LogP contribution in [0.15, 0.2) is 40.8 Å². The van der Waals surface area contributed by atoms with Crippen LogP contribution in [0.3, 0.4) is 0 Å². The predicted octanol–water partition coefficient (Wildman–Crippen LogP) is 4.05. The second-order valence-electron chi connectivity index (χ2n) is 6.62. The molecule has 1 fully saturated rings. The second kappa shape index (κ2) is 8.30. The Balaban J connectivity index is 1.54. The monoisotopic (exact) mass is 345 g/mol. The Bertz CT molecular complexity index is 695. The van der Waals surface area contributed by atoms with E-state index in [2.05, 4.69) is 0 Å². The molecule has 0 radical (unpaired) electrons. The Hall–Kier alpha value is -2.14. The van der Waals surface area contributed by atoms with Crippen molar-refractivity contribution >= 4 is 5.91 Å². The molecular formula is C20H24FNO3. The zero-order valence-corrected chi connectivity index (χ0v) is 14.5. The number of piperidine rings is 1. The number of nitrogens with zero attached hydrogens (tertiary/aromatic N) is 1. The molecule has 0 saturated carbocycles. The minimum absolute atomic E-state index is 0.0474. The number of methoxy groups -OCH3 is 1. The lowest BCUT2D eigenvalue weighted by Gasteiger charge is -2.32. The summed E-state index contributed by atoms with van der Waals surface area (Å²) in [6.45, 7) is 1.89. The van der Waals surface area contributed by atoms with Crippen LogP contribution in [0.1, 0.15) is 41.1 Å². The first-order valence-corrected chi connectivity index (χ1v) is 8.77. The highest BCUT2D eigenvalue weighted by molar-refractivity contribution is 5.91. The van der Waals surface area contributed by atoms with Crippen LogP contribution in [-0.4, -0.2) is 31.0 Å². The van der Waals surface area contributed by atoms with Gasteiger partial charge in [-0.25, -0.2) is 4.39 Å². The van der Waals surface area contributed by atoms with E-state index in [4.69, 9.17) is 9.15 Å². The third-order valence-corrected chi connectivity index (χ3v) is 4.72. The molecule has 1 unspecified atom stereocenters. The highest BCUT2D eigenvalue weighted by Gasteiger charge is 2.26. The lowest BCUT2D eigenvalue weighted by atomic mass is 9.91. The van der Waals surface area contributed by atoms with E-state index < -0.39 is 0 Å². The van der Waals surface area contributed by atoms with Gasteiger partial charge in [-0.15, -0.1) is 0 Å². The molecule has 0 aliphatic carbocycles. The number of halogens is 1. The fourth-order valence-electron chi connectivity index (χ4n) is 3.38. The van der Waals surface area contributed by atoms with Crippen molar-refractivity contribution in [3.05, 3.63) is 59.3 Å². The van der Waals surface area contributed by atoms with Gasteiger partial charge in [-0.2, -0.15) is 0 Å². The summed E-state index contributed by atoms with van der Waals surface area (Å²) in [6, 6.07) is 10.2. The van der Waals surface area contributed by atoms with E-state index in [9.17, 15) is 9.18 Å². The van der Waals surface area contributed by atoms with Crippen molar-refractivity contribution in [2.45, 2.75) is 32.3 Å². The van der Waals surface area contributed by atoms with Crippen molar-refractivity contribution < 1.29 is 18.3 Å². The summed E-state index contributed by atoms with van der Waals surface area (Å²) in [5, 5.41) is 0. The van der Waals surface area contributed by atoms with Gasteiger partial charge in [0, 0.05) is 20.2 Å². The molecule has 1 aromatic heterocycles. The molecular weight excluding hydrogens is 321 g/mol. The number of hydrogen-bond donors (Lipinski definition) is 0. The van der Waals surface area contributed by atoms with Crippen molar-refractivity contribution in [1.29, 1.82) is 0 Å². The Morgan fingerprint density at radius 3 is 2.84 bits per heavy atom. The zero-order valence-electron chi connectivity index (χ0n) is 14.5. The Morgan fingerprint density at radius 1 is 1.28 bits per heavy atom. The van der Waals surface area contributed by atoms with E-state index in [1.165, 1.54) is 12.1 Å². The number of likely N-dealkylation sites (tertiary alicyclic amines) is 1. The molecule has 1 aromatic carbocycles. The van der Waals surface area contributed by atoms with Crippen LogP contribution in [0.4, 0.5) is 4.39 Å². The average Bonchev–Trinajstić information content (AvgIpc) is 3.10. The van der Waals surface area contributed by atoms with Gasteiger partial charge in [0.1, 0.15) is 18.2 Å². The van der Waals surface area contributed by atoms with Crippen LogP contribution >= 0.6 is 0 Å². The number of ether oxygens (including phenoxy) is 1. The van der Waals surface area contributed by atoms with E-state index in [1.54, 1.807) is 19.2 Å². The van der Waals surface area contributed by atoms with Gasteiger partial charge in [0.2, 0.25) is 0 Å². The lowest BCUT2D eigenvalue weighted by molar-refractivity contribution is 0.0629. The highest BCUT2D eigenvalue weighted by atomic mass is 19.1. The Kier molecular flexibility index (Phi) is 5.87. The van der Waals surface area contributed by atoms with E-state index >= 15 is 0 Å². The third kappa shape index (κ3) is 4.69. The molecule has 2 heterocycles. The minimum atomic E-state index is -0.204. The molecule has 5 heteroatoms.